The number of benzene rings is 1. The van der Waals surface area contributed by atoms with Gasteiger partial charge in [0.05, 0.1) is 6.42 Å². The van der Waals surface area contributed by atoms with Crippen molar-refractivity contribution in [1.29, 1.82) is 0 Å². The first-order chi connectivity index (χ1) is 20.1. The molecule has 5 rings (SSSR count). The second kappa shape index (κ2) is 12.5. The van der Waals surface area contributed by atoms with Gasteiger partial charge in [0.1, 0.15) is 17.5 Å². The Bertz CT molecular complexity index is 1400. The Balaban J connectivity index is 1.21. The van der Waals surface area contributed by atoms with E-state index in [9.17, 15) is 31.5 Å². The maximum Gasteiger partial charge on any atom is 0.437 e. The van der Waals surface area contributed by atoms with Crippen LogP contribution in [0, 0.1) is 11.6 Å². The van der Waals surface area contributed by atoms with E-state index in [1.807, 2.05) is 4.90 Å². The summed E-state index contributed by atoms with van der Waals surface area (Å²) in [7, 11) is 0. The summed E-state index contributed by atoms with van der Waals surface area (Å²) in [5.74, 6) is -2.98. The molecule has 2 aromatic heterocycles. The summed E-state index contributed by atoms with van der Waals surface area (Å²) >= 11 is 0. The molecule has 1 aromatic carbocycles. The van der Waals surface area contributed by atoms with E-state index >= 15 is 0 Å². The normalized spacial score (nSPS) is 16.5. The van der Waals surface area contributed by atoms with E-state index in [1.54, 1.807) is 21.9 Å². The highest BCUT2D eigenvalue weighted by Crippen LogP contribution is 2.35. The molecule has 3 aromatic rings. The molecule has 224 valence electrons. The largest absolute Gasteiger partial charge is 0.437 e. The van der Waals surface area contributed by atoms with Crippen molar-refractivity contribution in [3.8, 4) is 0 Å². The van der Waals surface area contributed by atoms with Gasteiger partial charge in [0, 0.05) is 57.4 Å². The minimum absolute atomic E-state index is 0.188. The molecule has 0 bridgehead atoms. The van der Waals surface area contributed by atoms with Gasteiger partial charge < -0.3 is 19.1 Å². The van der Waals surface area contributed by atoms with E-state index in [4.69, 9.17) is 4.42 Å². The van der Waals surface area contributed by atoms with Crippen LogP contribution in [-0.2, 0) is 23.8 Å². The maximum absolute atomic E-state index is 14.0. The predicted molar refractivity (Wildman–Crippen MR) is 143 cm³/mol. The number of hydrogen-bond donors (Lipinski definition) is 0. The van der Waals surface area contributed by atoms with Crippen LogP contribution in [-0.4, -0.2) is 65.8 Å². The highest BCUT2D eigenvalue weighted by Gasteiger charge is 2.41. The Hall–Kier alpha value is -4.03. The zero-order valence-electron chi connectivity index (χ0n) is 22.8. The van der Waals surface area contributed by atoms with Crippen LogP contribution < -0.4 is 9.80 Å². The van der Waals surface area contributed by atoms with Crippen LogP contribution in [0.3, 0.4) is 0 Å². The Morgan fingerprint density at radius 1 is 0.833 bits per heavy atom. The Morgan fingerprint density at radius 2 is 1.55 bits per heavy atom. The summed E-state index contributed by atoms with van der Waals surface area (Å²) in [6, 6.07) is 6.57. The van der Waals surface area contributed by atoms with Gasteiger partial charge in [0.15, 0.2) is 5.69 Å². The minimum Gasteiger partial charge on any atom is -0.420 e. The third-order valence-electron chi connectivity index (χ3n) is 7.50. The van der Waals surface area contributed by atoms with Crippen molar-refractivity contribution < 1.29 is 36.0 Å². The van der Waals surface area contributed by atoms with Crippen molar-refractivity contribution in [3.05, 3.63) is 70.7 Å². The SMILES string of the molecule is O=C(Cc1ccc(N2CCCN(C(=O)Cc3c(F)cccc3F)CC2)nc1)c1oc(N2CCCCC2)nc1C(F)(F)F. The van der Waals surface area contributed by atoms with Gasteiger partial charge >= 0.3 is 6.18 Å². The van der Waals surface area contributed by atoms with Crippen LogP contribution in [0.4, 0.5) is 33.8 Å². The van der Waals surface area contributed by atoms with Crippen molar-refractivity contribution in [3.63, 3.8) is 0 Å². The van der Waals surface area contributed by atoms with E-state index in [0.717, 1.165) is 31.4 Å². The molecule has 1 amide bonds. The molecule has 42 heavy (non-hydrogen) atoms. The number of Topliss-reactive ketones (excluding diaryl/α,β-unsaturated/α-hetero) is 1. The van der Waals surface area contributed by atoms with Gasteiger partial charge in [-0.25, -0.2) is 13.8 Å². The summed E-state index contributed by atoms with van der Waals surface area (Å²) in [5, 5.41) is 0. The molecule has 0 radical (unpaired) electrons. The number of carbonyl (C=O) groups excluding carboxylic acids is 2. The first-order valence-corrected chi connectivity index (χ1v) is 13.9. The van der Waals surface area contributed by atoms with Crippen LogP contribution >= 0.6 is 0 Å². The number of ketones is 1. The van der Waals surface area contributed by atoms with Crippen molar-refractivity contribution in [2.24, 2.45) is 0 Å². The number of carbonyl (C=O) groups is 2. The molecule has 0 spiro atoms. The van der Waals surface area contributed by atoms with Crippen LogP contribution in [0.1, 0.15) is 53.1 Å². The lowest BCUT2D eigenvalue weighted by molar-refractivity contribution is -0.141. The van der Waals surface area contributed by atoms with Crippen LogP contribution in [0.25, 0.3) is 0 Å². The highest BCUT2D eigenvalue weighted by atomic mass is 19.4. The number of aromatic nitrogens is 2. The fourth-order valence-corrected chi connectivity index (χ4v) is 5.24. The van der Waals surface area contributed by atoms with Gasteiger partial charge in [-0.3, -0.25) is 9.59 Å². The van der Waals surface area contributed by atoms with Crippen molar-refractivity contribution in [2.45, 2.75) is 44.7 Å². The molecule has 2 fully saturated rings. The van der Waals surface area contributed by atoms with Crippen LogP contribution in [0.2, 0.25) is 0 Å². The fourth-order valence-electron chi connectivity index (χ4n) is 5.24. The summed E-state index contributed by atoms with van der Waals surface area (Å²) in [6.45, 7) is 2.75. The minimum atomic E-state index is -4.84. The first-order valence-electron chi connectivity index (χ1n) is 13.9. The molecule has 4 heterocycles. The number of anilines is 2. The summed E-state index contributed by atoms with van der Waals surface area (Å²) < 4.78 is 74.4. The first kappa shape index (κ1) is 29.5. The fraction of sp³-hybridized carbons (Fsp3) is 0.448. The number of hydrogen-bond acceptors (Lipinski definition) is 7. The summed E-state index contributed by atoms with van der Waals surface area (Å²) in [4.78, 5) is 38.8. The number of halogens is 5. The van der Waals surface area contributed by atoms with E-state index in [0.29, 0.717) is 57.1 Å². The van der Waals surface area contributed by atoms with E-state index in [-0.39, 0.29) is 30.3 Å². The zero-order chi connectivity index (χ0) is 29.9. The number of piperidine rings is 1. The number of alkyl halides is 3. The van der Waals surface area contributed by atoms with Gasteiger partial charge in [-0.2, -0.15) is 18.2 Å². The molecule has 2 saturated heterocycles. The monoisotopic (exact) mass is 591 g/mol. The van der Waals surface area contributed by atoms with Gasteiger partial charge in [-0.05, 0) is 49.4 Å². The molecule has 8 nitrogen and oxygen atoms in total. The van der Waals surface area contributed by atoms with E-state index < -0.39 is 35.0 Å². The average Bonchev–Trinajstić information content (AvgIpc) is 3.29. The smallest absolute Gasteiger partial charge is 0.420 e. The molecule has 0 unspecified atom stereocenters. The Morgan fingerprint density at radius 3 is 2.21 bits per heavy atom. The molecule has 0 N–H and O–H groups in total. The zero-order valence-corrected chi connectivity index (χ0v) is 22.8. The third-order valence-corrected chi connectivity index (χ3v) is 7.50. The van der Waals surface area contributed by atoms with Gasteiger partial charge in [-0.1, -0.05) is 12.1 Å². The lowest BCUT2D eigenvalue weighted by Crippen LogP contribution is -2.36. The Kier molecular flexibility index (Phi) is 8.74. The number of amides is 1. The molecule has 0 aliphatic carbocycles. The Labute approximate surface area is 239 Å². The van der Waals surface area contributed by atoms with Gasteiger partial charge in [0.2, 0.25) is 17.5 Å². The van der Waals surface area contributed by atoms with Crippen LogP contribution in [0.15, 0.2) is 40.9 Å². The van der Waals surface area contributed by atoms with E-state index in [2.05, 4.69) is 9.97 Å². The molecule has 0 saturated carbocycles. The quantitative estimate of drug-likeness (QED) is 0.281. The lowest BCUT2D eigenvalue weighted by atomic mass is 10.1. The number of pyridine rings is 1. The van der Waals surface area contributed by atoms with Gasteiger partial charge in [0.25, 0.3) is 6.01 Å². The topological polar surface area (TPSA) is 82.8 Å². The molecule has 0 atom stereocenters. The highest BCUT2D eigenvalue weighted by molar-refractivity contribution is 5.96. The van der Waals surface area contributed by atoms with Crippen molar-refractivity contribution in [1.82, 2.24) is 14.9 Å². The lowest BCUT2D eigenvalue weighted by Gasteiger charge is -2.24. The summed E-state index contributed by atoms with van der Waals surface area (Å²) in [6.07, 6.45) is -0.942. The third kappa shape index (κ3) is 6.71. The molecular formula is C29H30F5N5O3. The summed E-state index contributed by atoms with van der Waals surface area (Å²) in [5.41, 5.74) is -1.17. The molecule has 2 aliphatic rings. The van der Waals surface area contributed by atoms with Crippen molar-refractivity contribution in [2.75, 3.05) is 49.1 Å². The molecule has 2 aliphatic heterocycles. The van der Waals surface area contributed by atoms with Crippen LogP contribution in [0.5, 0.6) is 0 Å². The molecular weight excluding hydrogens is 561 g/mol. The standard InChI is InChI=1S/C29H30F5N5O3/c30-21-6-4-7-22(31)20(21)17-25(41)38-13-5-12-37(14-15-38)24-9-8-19(18-35-24)16-23(40)26-27(29(32,33)34)36-28(42-26)39-10-2-1-3-11-39/h4,6-9,18H,1-3,5,10-17H2. The maximum atomic E-state index is 14.0. The second-order valence-corrected chi connectivity index (χ2v) is 10.4. The second-order valence-electron chi connectivity index (χ2n) is 10.4. The predicted octanol–water partition coefficient (Wildman–Crippen LogP) is 5.06. The average molecular weight is 592 g/mol. The number of rotatable bonds is 7. The number of nitrogens with zero attached hydrogens (tertiary/aromatic N) is 5. The number of oxazole rings is 1. The van der Waals surface area contributed by atoms with Gasteiger partial charge in [-0.15, -0.1) is 0 Å². The van der Waals surface area contributed by atoms with E-state index in [1.165, 1.54) is 12.3 Å². The van der Waals surface area contributed by atoms with Crippen molar-refractivity contribution >= 4 is 23.5 Å². The molecule has 13 heteroatoms.